The molecular weight excluding hydrogens is 168 g/mol. The van der Waals surface area contributed by atoms with Gasteiger partial charge in [-0.05, 0) is 18.4 Å². The SMILES string of the molecule is C=C/C=C\C=C\C1=CCCC=C1.CC. The molecule has 1 rings (SSSR count). The van der Waals surface area contributed by atoms with E-state index >= 15 is 0 Å². The molecule has 0 nitrogen and oxygen atoms in total. The van der Waals surface area contributed by atoms with Gasteiger partial charge in [0.1, 0.15) is 0 Å². The molecule has 0 aromatic carbocycles. The Bertz CT molecular complexity index is 249. The average molecular weight is 188 g/mol. The molecule has 76 valence electrons. The van der Waals surface area contributed by atoms with Gasteiger partial charge < -0.3 is 0 Å². The predicted molar refractivity (Wildman–Crippen MR) is 66.3 cm³/mol. The average Bonchev–Trinajstić information content (AvgIpc) is 2.29. The first-order valence-corrected chi connectivity index (χ1v) is 5.26. The van der Waals surface area contributed by atoms with Crippen LogP contribution in [0.3, 0.4) is 0 Å². The topological polar surface area (TPSA) is 0 Å². The predicted octanol–water partition coefficient (Wildman–Crippen LogP) is 4.59. The van der Waals surface area contributed by atoms with Crippen molar-refractivity contribution in [1.82, 2.24) is 0 Å². The molecule has 0 saturated heterocycles. The molecule has 1 aliphatic carbocycles. The van der Waals surface area contributed by atoms with Crippen LogP contribution in [0.5, 0.6) is 0 Å². The molecule has 0 spiro atoms. The second kappa shape index (κ2) is 9.79. The van der Waals surface area contributed by atoms with E-state index in [1.807, 2.05) is 32.1 Å². The lowest BCUT2D eigenvalue weighted by Gasteiger charge is -1.99. The fraction of sp³-hybridized carbons (Fsp3) is 0.286. The van der Waals surface area contributed by atoms with E-state index in [0.717, 1.165) is 0 Å². The minimum Gasteiger partial charge on any atom is -0.0991 e. The van der Waals surface area contributed by atoms with E-state index < -0.39 is 0 Å². The first-order chi connectivity index (χ1) is 6.93. The van der Waals surface area contributed by atoms with E-state index in [4.69, 9.17) is 0 Å². The van der Waals surface area contributed by atoms with E-state index in [1.54, 1.807) is 6.08 Å². The summed E-state index contributed by atoms with van der Waals surface area (Å²) in [5, 5.41) is 0. The van der Waals surface area contributed by atoms with E-state index in [0.29, 0.717) is 0 Å². The minimum absolute atomic E-state index is 1.17. The fourth-order valence-corrected chi connectivity index (χ4v) is 1.07. The van der Waals surface area contributed by atoms with Gasteiger partial charge in [0.2, 0.25) is 0 Å². The summed E-state index contributed by atoms with van der Waals surface area (Å²) in [6, 6.07) is 0. The molecule has 0 aromatic heterocycles. The quantitative estimate of drug-likeness (QED) is 0.568. The second-order valence-corrected chi connectivity index (χ2v) is 2.66. The summed E-state index contributed by atoms with van der Waals surface area (Å²) >= 11 is 0. The zero-order valence-corrected chi connectivity index (χ0v) is 9.24. The zero-order chi connectivity index (χ0) is 10.6. The third kappa shape index (κ3) is 6.24. The van der Waals surface area contributed by atoms with Gasteiger partial charge in [0.25, 0.3) is 0 Å². The number of allylic oxidation sites excluding steroid dienone is 9. The maximum absolute atomic E-state index is 3.60. The second-order valence-electron chi connectivity index (χ2n) is 2.66. The fourth-order valence-electron chi connectivity index (χ4n) is 1.07. The Hall–Kier alpha value is -1.30. The summed E-state index contributed by atoms with van der Waals surface area (Å²) in [5.74, 6) is 0. The molecule has 0 heteroatoms. The number of rotatable bonds is 3. The van der Waals surface area contributed by atoms with Crippen LogP contribution in [0.2, 0.25) is 0 Å². The lowest BCUT2D eigenvalue weighted by Crippen LogP contribution is -1.79. The van der Waals surface area contributed by atoms with Crippen LogP contribution in [0.25, 0.3) is 0 Å². The van der Waals surface area contributed by atoms with Gasteiger partial charge in [-0.15, -0.1) is 0 Å². The number of hydrogen-bond acceptors (Lipinski definition) is 0. The van der Waals surface area contributed by atoms with E-state index in [-0.39, 0.29) is 0 Å². The molecule has 0 radical (unpaired) electrons. The van der Waals surface area contributed by atoms with Crippen molar-refractivity contribution in [3.8, 4) is 0 Å². The molecular formula is C14H20. The van der Waals surface area contributed by atoms with Crippen LogP contribution in [-0.4, -0.2) is 0 Å². The van der Waals surface area contributed by atoms with Crippen molar-refractivity contribution in [1.29, 1.82) is 0 Å². The van der Waals surface area contributed by atoms with Gasteiger partial charge in [0, 0.05) is 0 Å². The van der Waals surface area contributed by atoms with Gasteiger partial charge >= 0.3 is 0 Å². The summed E-state index contributed by atoms with van der Waals surface area (Å²) in [6.45, 7) is 7.60. The highest BCUT2D eigenvalue weighted by atomic mass is 14.0. The minimum atomic E-state index is 1.17. The van der Waals surface area contributed by atoms with Crippen molar-refractivity contribution in [2.45, 2.75) is 26.7 Å². The molecule has 1 aliphatic rings. The van der Waals surface area contributed by atoms with Crippen molar-refractivity contribution in [2.24, 2.45) is 0 Å². The molecule has 14 heavy (non-hydrogen) atoms. The van der Waals surface area contributed by atoms with Gasteiger partial charge in [0.05, 0.1) is 0 Å². The maximum atomic E-state index is 3.60. The number of hydrogen-bond donors (Lipinski definition) is 0. The first-order valence-electron chi connectivity index (χ1n) is 5.26. The molecule has 0 N–H and O–H groups in total. The molecule has 0 aromatic rings. The van der Waals surface area contributed by atoms with E-state index in [1.165, 1.54) is 18.4 Å². The summed E-state index contributed by atoms with van der Waals surface area (Å²) in [6.07, 6.45) is 18.8. The third-order valence-corrected chi connectivity index (χ3v) is 1.67. The molecule has 0 aliphatic heterocycles. The third-order valence-electron chi connectivity index (χ3n) is 1.67. The molecule has 0 fully saturated rings. The molecule has 0 bridgehead atoms. The van der Waals surface area contributed by atoms with Crippen LogP contribution in [0.4, 0.5) is 0 Å². The van der Waals surface area contributed by atoms with Gasteiger partial charge in [-0.3, -0.25) is 0 Å². The van der Waals surface area contributed by atoms with Crippen LogP contribution in [-0.2, 0) is 0 Å². The lowest BCUT2D eigenvalue weighted by molar-refractivity contribution is 1.03. The van der Waals surface area contributed by atoms with Crippen molar-refractivity contribution in [3.05, 3.63) is 60.8 Å². The van der Waals surface area contributed by atoms with Crippen molar-refractivity contribution >= 4 is 0 Å². The van der Waals surface area contributed by atoms with Gasteiger partial charge in [-0.25, -0.2) is 0 Å². The van der Waals surface area contributed by atoms with Gasteiger partial charge in [-0.1, -0.05) is 69.0 Å². The molecule has 0 amide bonds. The van der Waals surface area contributed by atoms with Gasteiger partial charge in [-0.2, -0.15) is 0 Å². The van der Waals surface area contributed by atoms with Crippen LogP contribution in [0.15, 0.2) is 60.8 Å². The van der Waals surface area contributed by atoms with Crippen LogP contribution in [0, 0.1) is 0 Å². The van der Waals surface area contributed by atoms with Crippen molar-refractivity contribution < 1.29 is 0 Å². The largest absolute Gasteiger partial charge is 0.0991 e. The molecule has 0 heterocycles. The Kier molecular flexibility index (Phi) is 8.88. The van der Waals surface area contributed by atoms with Gasteiger partial charge in [0.15, 0.2) is 0 Å². The highest BCUT2D eigenvalue weighted by molar-refractivity contribution is 5.34. The highest BCUT2D eigenvalue weighted by Crippen LogP contribution is 2.10. The Morgan fingerprint density at radius 3 is 2.50 bits per heavy atom. The Morgan fingerprint density at radius 1 is 1.14 bits per heavy atom. The van der Waals surface area contributed by atoms with Crippen LogP contribution < -0.4 is 0 Å². The standard InChI is InChI=1S/C12H14.C2H6/c1-2-3-4-6-9-12-10-7-5-8-11-12;1-2/h2-4,6-7,9-11H,1,5,8H2;1-2H3/b4-3-,9-6+;. The van der Waals surface area contributed by atoms with E-state index in [2.05, 4.69) is 30.9 Å². The summed E-state index contributed by atoms with van der Waals surface area (Å²) in [5.41, 5.74) is 1.30. The summed E-state index contributed by atoms with van der Waals surface area (Å²) < 4.78 is 0. The Labute approximate surface area is 88.0 Å². The van der Waals surface area contributed by atoms with Crippen LogP contribution in [0.1, 0.15) is 26.7 Å². The van der Waals surface area contributed by atoms with Crippen molar-refractivity contribution in [2.75, 3.05) is 0 Å². The first kappa shape index (κ1) is 12.7. The molecule has 0 saturated carbocycles. The lowest BCUT2D eigenvalue weighted by atomic mass is 10.1. The monoisotopic (exact) mass is 188 g/mol. The van der Waals surface area contributed by atoms with Crippen LogP contribution >= 0.6 is 0 Å². The van der Waals surface area contributed by atoms with E-state index in [9.17, 15) is 0 Å². The smallest absolute Gasteiger partial charge is 0.0300 e. The molecule has 0 unspecified atom stereocenters. The molecule has 0 atom stereocenters. The zero-order valence-electron chi connectivity index (χ0n) is 9.24. The van der Waals surface area contributed by atoms with Crippen molar-refractivity contribution in [3.63, 3.8) is 0 Å². The maximum Gasteiger partial charge on any atom is -0.0300 e. The highest BCUT2D eigenvalue weighted by Gasteiger charge is 1.89. The summed E-state index contributed by atoms with van der Waals surface area (Å²) in [4.78, 5) is 0. The Balaban J connectivity index is 0.000000791. The Morgan fingerprint density at radius 2 is 1.93 bits per heavy atom. The normalized spacial score (nSPS) is 15.1. The summed E-state index contributed by atoms with van der Waals surface area (Å²) in [7, 11) is 0.